The lowest BCUT2D eigenvalue weighted by Crippen LogP contribution is -2.26. The molecule has 1 aromatic heterocycles. The number of hydrogen-bond donors (Lipinski definition) is 2. The average molecular weight is 357 g/mol. The quantitative estimate of drug-likeness (QED) is 0.796. The minimum absolute atomic E-state index is 0.111. The van der Waals surface area contributed by atoms with Gasteiger partial charge in [0, 0.05) is 23.5 Å². The van der Waals surface area contributed by atoms with E-state index in [1.165, 1.54) is 0 Å². The van der Waals surface area contributed by atoms with E-state index in [0.29, 0.717) is 17.0 Å². The lowest BCUT2D eigenvalue weighted by atomic mass is 9.94. The summed E-state index contributed by atoms with van der Waals surface area (Å²) in [7, 11) is 5.88. The Hall–Kier alpha value is -2.96. The molecular weight excluding hydrogens is 337 g/mol. The molecule has 0 spiro atoms. The Morgan fingerprint density at radius 1 is 1.19 bits per heavy atom. The van der Waals surface area contributed by atoms with Gasteiger partial charge in [0.25, 0.3) is 0 Å². The number of dihydropyridines is 1. The molecule has 2 heterocycles. The number of aromatic nitrogens is 2. The molecule has 4 rings (SSSR count). The van der Waals surface area contributed by atoms with Crippen molar-refractivity contribution >= 4 is 36.4 Å². The fourth-order valence-electron chi connectivity index (χ4n) is 3.31. The number of carbonyl (C=O) groups excluding carboxylic acids is 1. The Labute approximate surface area is 159 Å². The minimum Gasteiger partial charge on any atom is -0.361 e. The van der Waals surface area contributed by atoms with Crippen LogP contribution in [0.4, 0.5) is 11.5 Å². The molecule has 7 heteroatoms. The number of benzene rings is 1. The molecule has 134 valence electrons. The zero-order valence-corrected chi connectivity index (χ0v) is 15.0. The van der Waals surface area contributed by atoms with Gasteiger partial charge in [-0.3, -0.25) is 9.79 Å². The summed E-state index contributed by atoms with van der Waals surface area (Å²) >= 11 is 0. The van der Waals surface area contributed by atoms with Crippen LogP contribution in [0.2, 0.25) is 0 Å². The van der Waals surface area contributed by atoms with Gasteiger partial charge in [0.15, 0.2) is 5.82 Å². The molecule has 0 saturated heterocycles. The van der Waals surface area contributed by atoms with Crippen LogP contribution in [-0.4, -0.2) is 42.5 Å². The normalized spacial score (nSPS) is 15.2. The largest absolute Gasteiger partial charge is 0.361 e. The van der Waals surface area contributed by atoms with Crippen LogP contribution in [0.1, 0.15) is 29.9 Å². The van der Waals surface area contributed by atoms with Gasteiger partial charge in [0.05, 0.1) is 6.54 Å². The van der Waals surface area contributed by atoms with Crippen LogP contribution in [0.3, 0.4) is 0 Å². The Morgan fingerprint density at radius 3 is 2.89 bits per heavy atom. The van der Waals surface area contributed by atoms with Crippen LogP contribution >= 0.6 is 0 Å². The molecule has 1 aromatic carbocycles. The Morgan fingerprint density at radius 2 is 2.07 bits per heavy atom. The van der Waals surface area contributed by atoms with Crippen molar-refractivity contribution in [2.75, 3.05) is 23.7 Å². The number of amides is 1. The van der Waals surface area contributed by atoms with E-state index >= 15 is 0 Å². The van der Waals surface area contributed by atoms with E-state index in [1.807, 2.05) is 18.2 Å². The SMILES string of the molecule is [B]c1ccccc1NC(=O)CNc1nc(C2=NCCC=C2)nc2c1CCC2. The summed E-state index contributed by atoms with van der Waals surface area (Å²) in [5, 5.41) is 6.00. The fourth-order valence-corrected chi connectivity index (χ4v) is 3.31. The molecule has 2 radical (unpaired) electrons. The summed E-state index contributed by atoms with van der Waals surface area (Å²) in [4.78, 5) is 26.2. The van der Waals surface area contributed by atoms with Crippen molar-refractivity contribution in [2.24, 2.45) is 4.99 Å². The second-order valence-corrected chi connectivity index (χ2v) is 6.62. The third-order valence-electron chi connectivity index (χ3n) is 4.67. The highest BCUT2D eigenvalue weighted by atomic mass is 16.1. The van der Waals surface area contributed by atoms with Crippen molar-refractivity contribution in [1.82, 2.24) is 9.97 Å². The summed E-state index contributed by atoms with van der Waals surface area (Å²) in [5.41, 5.74) is 4.11. The number of aryl methyl sites for hydroxylation is 1. The van der Waals surface area contributed by atoms with Crippen LogP contribution in [-0.2, 0) is 17.6 Å². The molecule has 27 heavy (non-hydrogen) atoms. The predicted molar refractivity (Wildman–Crippen MR) is 108 cm³/mol. The third-order valence-corrected chi connectivity index (χ3v) is 4.67. The summed E-state index contributed by atoms with van der Waals surface area (Å²) in [6, 6.07) is 7.20. The van der Waals surface area contributed by atoms with Gasteiger partial charge in [-0.1, -0.05) is 29.7 Å². The number of nitrogens with zero attached hydrogens (tertiary/aromatic N) is 3. The average Bonchev–Trinajstić information content (AvgIpc) is 3.17. The number of hydrogen-bond acceptors (Lipinski definition) is 5. The highest BCUT2D eigenvalue weighted by Gasteiger charge is 2.21. The predicted octanol–water partition coefficient (Wildman–Crippen LogP) is 1.56. The van der Waals surface area contributed by atoms with Gasteiger partial charge in [0.2, 0.25) is 5.91 Å². The molecule has 2 aliphatic rings. The lowest BCUT2D eigenvalue weighted by Gasteiger charge is -2.14. The molecule has 0 bridgehead atoms. The first-order chi connectivity index (χ1) is 13.2. The van der Waals surface area contributed by atoms with Crippen LogP contribution in [0, 0.1) is 0 Å². The first-order valence-electron chi connectivity index (χ1n) is 9.20. The van der Waals surface area contributed by atoms with E-state index in [0.717, 1.165) is 55.0 Å². The highest BCUT2D eigenvalue weighted by molar-refractivity contribution is 6.36. The molecule has 1 aliphatic heterocycles. The van der Waals surface area contributed by atoms with E-state index in [1.54, 1.807) is 12.1 Å². The number of rotatable bonds is 5. The maximum Gasteiger partial charge on any atom is 0.243 e. The molecule has 0 unspecified atom stereocenters. The van der Waals surface area contributed by atoms with Gasteiger partial charge in [-0.05, 0) is 37.8 Å². The molecule has 1 amide bonds. The minimum atomic E-state index is -0.172. The summed E-state index contributed by atoms with van der Waals surface area (Å²) in [5.74, 6) is 1.18. The van der Waals surface area contributed by atoms with Gasteiger partial charge >= 0.3 is 0 Å². The maximum atomic E-state index is 12.3. The molecular formula is C20H20BN5O. The van der Waals surface area contributed by atoms with Crippen molar-refractivity contribution in [2.45, 2.75) is 25.7 Å². The summed E-state index contributed by atoms with van der Waals surface area (Å²) in [6.07, 6.45) is 7.91. The van der Waals surface area contributed by atoms with E-state index in [9.17, 15) is 4.79 Å². The van der Waals surface area contributed by atoms with Gasteiger partial charge in [0.1, 0.15) is 19.4 Å². The number of para-hydroxylation sites is 1. The third kappa shape index (κ3) is 3.92. The second kappa shape index (κ2) is 7.74. The number of aliphatic imine (C=N–C) groups is 1. The van der Waals surface area contributed by atoms with Crippen LogP contribution < -0.4 is 16.1 Å². The zero-order chi connectivity index (χ0) is 18.6. The first-order valence-corrected chi connectivity index (χ1v) is 9.20. The topological polar surface area (TPSA) is 79.3 Å². The summed E-state index contributed by atoms with van der Waals surface area (Å²) in [6.45, 7) is 0.871. The Balaban J connectivity index is 1.50. The van der Waals surface area contributed by atoms with Crippen LogP contribution in [0.15, 0.2) is 41.4 Å². The van der Waals surface area contributed by atoms with Crippen molar-refractivity contribution < 1.29 is 4.79 Å². The van der Waals surface area contributed by atoms with Crippen molar-refractivity contribution in [1.29, 1.82) is 0 Å². The number of fused-ring (bicyclic) bond motifs is 1. The Kier molecular flexibility index (Phi) is 5.00. The second-order valence-electron chi connectivity index (χ2n) is 6.62. The van der Waals surface area contributed by atoms with Crippen LogP contribution in [0.25, 0.3) is 0 Å². The van der Waals surface area contributed by atoms with Crippen molar-refractivity contribution in [3.8, 4) is 0 Å². The van der Waals surface area contributed by atoms with E-state index in [2.05, 4.69) is 26.7 Å². The van der Waals surface area contributed by atoms with Gasteiger partial charge in [-0.15, -0.1) is 0 Å². The maximum absolute atomic E-state index is 12.3. The van der Waals surface area contributed by atoms with Crippen LogP contribution in [0.5, 0.6) is 0 Å². The number of carbonyl (C=O) groups is 1. The molecule has 2 aromatic rings. The number of anilines is 2. The number of nitrogens with one attached hydrogen (secondary N) is 2. The lowest BCUT2D eigenvalue weighted by molar-refractivity contribution is -0.114. The Bertz CT molecular complexity index is 938. The van der Waals surface area contributed by atoms with Gasteiger partial charge < -0.3 is 10.6 Å². The molecule has 0 fully saturated rings. The molecule has 0 saturated carbocycles. The van der Waals surface area contributed by atoms with Gasteiger partial charge in [-0.2, -0.15) is 0 Å². The fraction of sp³-hybridized carbons (Fsp3) is 0.300. The van der Waals surface area contributed by atoms with Crippen molar-refractivity contribution in [3.05, 3.63) is 53.5 Å². The van der Waals surface area contributed by atoms with E-state index in [-0.39, 0.29) is 12.5 Å². The first kappa shape index (κ1) is 17.5. The molecule has 2 N–H and O–H groups in total. The van der Waals surface area contributed by atoms with E-state index in [4.69, 9.17) is 12.8 Å². The van der Waals surface area contributed by atoms with Gasteiger partial charge in [-0.25, -0.2) is 9.97 Å². The smallest absolute Gasteiger partial charge is 0.243 e. The zero-order valence-electron chi connectivity index (χ0n) is 15.0. The molecule has 0 atom stereocenters. The number of allylic oxidation sites excluding steroid dienone is 1. The molecule has 1 aliphatic carbocycles. The van der Waals surface area contributed by atoms with Crippen molar-refractivity contribution in [3.63, 3.8) is 0 Å². The molecule has 6 nitrogen and oxygen atoms in total. The standard InChI is InChI=1S/C20H20BN5O/c21-14-7-1-2-8-16(14)24-18(27)12-23-19-13-6-5-10-15(13)25-20(26-19)17-9-3-4-11-22-17/h1-3,7-9H,4-6,10-12H2,(H,24,27)(H,23,25,26). The monoisotopic (exact) mass is 357 g/mol. The van der Waals surface area contributed by atoms with E-state index < -0.39 is 0 Å². The highest BCUT2D eigenvalue weighted by Crippen LogP contribution is 2.26. The summed E-state index contributed by atoms with van der Waals surface area (Å²) < 4.78 is 0.